The maximum Gasteiger partial charge on any atom is 0.140 e. The summed E-state index contributed by atoms with van der Waals surface area (Å²) >= 11 is 0. The highest BCUT2D eigenvalue weighted by atomic mass is 16.3. The van der Waals surface area contributed by atoms with Gasteiger partial charge in [-0.1, -0.05) is 42.5 Å². The van der Waals surface area contributed by atoms with E-state index in [1.807, 2.05) is 36.4 Å². The van der Waals surface area contributed by atoms with Crippen LogP contribution in [0.2, 0.25) is 0 Å². The molecule has 3 rings (SSSR count). The summed E-state index contributed by atoms with van der Waals surface area (Å²) in [6, 6.07) is 18.3. The third-order valence-electron chi connectivity index (χ3n) is 3.67. The molecule has 1 heterocycles. The van der Waals surface area contributed by atoms with Crippen molar-refractivity contribution in [1.82, 2.24) is 4.98 Å². The zero-order chi connectivity index (χ0) is 14.7. The molecule has 0 atom stereocenters. The molecule has 0 aliphatic heterocycles. The topological polar surface area (TPSA) is 36.4 Å². The van der Waals surface area contributed by atoms with E-state index in [2.05, 4.69) is 35.0 Å². The predicted molar refractivity (Wildman–Crippen MR) is 86.8 cm³/mol. The molecule has 3 nitrogen and oxygen atoms in total. The Morgan fingerprint density at radius 2 is 1.62 bits per heavy atom. The van der Waals surface area contributed by atoms with Crippen LogP contribution in [0.5, 0.6) is 0 Å². The Balaban J connectivity index is 2.20. The van der Waals surface area contributed by atoms with Crippen LogP contribution in [0.1, 0.15) is 12.5 Å². The zero-order valence-electron chi connectivity index (χ0n) is 12.0. The molecule has 0 amide bonds. The predicted octanol–water partition coefficient (Wildman–Crippen LogP) is 3.89. The molecular weight excluding hydrogens is 260 g/mol. The largest absolute Gasteiger partial charge is 0.392 e. The lowest BCUT2D eigenvalue weighted by Gasteiger charge is -2.24. The number of aliphatic hydroxyl groups excluding tert-OH is 1. The van der Waals surface area contributed by atoms with Crippen molar-refractivity contribution in [3.63, 3.8) is 0 Å². The van der Waals surface area contributed by atoms with E-state index in [1.54, 1.807) is 6.20 Å². The van der Waals surface area contributed by atoms with Crippen LogP contribution < -0.4 is 4.90 Å². The molecule has 1 aromatic heterocycles. The summed E-state index contributed by atoms with van der Waals surface area (Å²) in [5.74, 6) is 0.927. The van der Waals surface area contributed by atoms with Crippen molar-refractivity contribution in [3.8, 4) is 0 Å². The van der Waals surface area contributed by atoms with E-state index in [-0.39, 0.29) is 6.61 Å². The van der Waals surface area contributed by atoms with Crippen molar-refractivity contribution in [2.75, 3.05) is 11.4 Å². The van der Waals surface area contributed by atoms with E-state index in [9.17, 15) is 5.11 Å². The maximum atomic E-state index is 9.49. The van der Waals surface area contributed by atoms with Gasteiger partial charge in [-0.3, -0.25) is 0 Å². The highest BCUT2D eigenvalue weighted by Crippen LogP contribution is 2.31. The second-order valence-corrected chi connectivity index (χ2v) is 4.89. The lowest BCUT2D eigenvalue weighted by Crippen LogP contribution is -2.17. The highest BCUT2D eigenvalue weighted by molar-refractivity contribution is 5.95. The fourth-order valence-electron chi connectivity index (χ4n) is 2.64. The second kappa shape index (κ2) is 5.94. The van der Waals surface area contributed by atoms with Crippen LogP contribution in [-0.2, 0) is 6.61 Å². The van der Waals surface area contributed by atoms with Gasteiger partial charge in [0.2, 0.25) is 0 Å². The van der Waals surface area contributed by atoms with Crippen LogP contribution >= 0.6 is 0 Å². The van der Waals surface area contributed by atoms with Crippen LogP contribution in [-0.4, -0.2) is 16.6 Å². The van der Waals surface area contributed by atoms with Crippen LogP contribution in [0.15, 0.2) is 60.8 Å². The number of nitrogens with zero attached hydrogens (tertiary/aromatic N) is 2. The first-order valence-corrected chi connectivity index (χ1v) is 7.15. The van der Waals surface area contributed by atoms with Crippen LogP contribution in [0.3, 0.4) is 0 Å². The van der Waals surface area contributed by atoms with Crippen molar-refractivity contribution >= 4 is 22.3 Å². The smallest absolute Gasteiger partial charge is 0.140 e. The normalized spacial score (nSPS) is 10.8. The Labute approximate surface area is 124 Å². The van der Waals surface area contributed by atoms with Gasteiger partial charge < -0.3 is 10.0 Å². The van der Waals surface area contributed by atoms with E-state index in [0.29, 0.717) is 0 Å². The van der Waals surface area contributed by atoms with Crippen molar-refractivity contribution in [3.05, 3.63) is 66.4 Å². The number of rotatable bonds is 4. The molecular formula is C18H18N2O. The van der Waals surface area contributed by atoms with E-state index in [1.165, 1.54) is 0 Å². The van der Waals surface area contributed by atoms with Gasteiger partial charge in [0.15, 0.2) is 0 Å². The fourth-order valence-corrected chi connectivity index (χ4v) is 2.64. The van der Waals surface area contributed by atoms with Gasteiger partial charge in [0.05, 0.1) is 6.61 Å². The number of anilines is 2. The Bertz CT molecular complexity index is 741. The standard InChI is InChI=1S/C18H18N2O/c1-2-20(15-8-4-3-5-9-15)18-17-11-7-6-10-16(17)14(13-21)12-19-18/h3-12,21H,2,13H2,1H3. The summed E-state index contributed by atoms with van der Waals surface area (Å²) < 4.78 is 0. The summed E-state index contributed by atoms with van der Waals surface area (Å²) in [5, 5.41) is 11.6. The molecule has 0 radical (unpaired) electrons. The second-order valence-electron chi connectivity index (χ2n) is 4.89. The average molecular weight is 278 g/mol. The van der Waals surface area contributed by atoms with Gasteiger partial charge in [0.25, 0.3) is 0 Å². The SMILES string of the molecule is CCN(c1ccccc1)c1ncc(CO)c2ccccc12. The molecule has 0 spiro atoms. The third kappa shape index (κ3) is 2.48. The van der Waals surface area contributed by atoms with E-state index >= 15 is 0 Å². The van der Waals surface area contributed by atoms with Crippen LogP contribution in [0.4, 0.5) is 11.5 Å². The third-order valence-corrected chi connectivity index (χ3v) is 3.67. The first-order chi connectivity index (χ1) is 10.3. The number of fused-ring (bicyclic) bond motifs is 1. The molecule has 106 valence electrons. The molecule has 0 aliphatic carbocycles. The van der Waals surface area contributed by atoms with E-state index < -0.39 is 0 Å². The minimum atomic E-state index is 0.00521. The molecule has 1 N–H and O–H groups in total. The summed E-state index contributed by atoms with van der Waals surface area (Å²) in [5.41, 5.74) is 1.98. The van der Waals surface area contributed by atoms with Crippen molar-refractivity contribution in [2.45, 2.75) is 13.5 Å². The summed E-state index contributed by atoms with van der Waals surface area (Å²) in [6.07, 6.45) is 1.77. The molecule has 0 saturated heterocycles. The number of aromatic nitrogens is 1. The Morgan fingerprint density at radius 1 is 0.952 bits per heavy atom. The summed E-state index contributed by atoms with van der Waals surface area (Å²) in [7, 11) is 0. The molecule has 0 bridgehead atoms. The van der Waals surface area contributed by atoms with Gasteiger partial charge >= 0.3 is 0 Å². The van der Waals surface area contributed by atoms with E-state index in [4.69, 9.17) is 0 Å². The molecule has 21 heavy (non-hydrogen) atoms. The number of para-hydroxylation sites is 1. The van der Waals surface area contributed by atoms with Gasteiger partial charge in [0.1, 0.15) is 5.82 Å². The Morgan fingerprint density at radius 3 is 2.29 bits per heavy atom. The minimum absolute atomic E-state index is 0.00521. The van der Waals surface area contributed by atoms with Crippen molar-refractivity contribution in [1.29, 1.82) is 0 Å². The molecule has 3 aromatic rings. The monoisotopic (exact) mass is 278 g/mol. The van der Waals surface area contributed by atoms with Crippen LogP contribution in [0, 0.1) is 0 Å². The van der Waals surface area contributed by atoms with Gasteiger partial charge in [-0.25, -0.2) is 4.98 Å². The number of aliphatic hydroxyl groups is 1. The molecule has 0 fully saturated rings. The maximum absolute atomic E-state index is 9.49. The average Bonchev–Trinajstić information content (AvgIpc) is 2.56. The molecule has 0 unspecified atom stereocenters. The lowest BCUT2D eigenvalue weighted by molar-refractivity contribution is 0.283. The van der Waals surface area contributed by atoms with Crippen LogP contribution in [0.25, 0.3) is 10.8 Å². The molecule has 0 saturated carbocycles. The van der Waals surface area contributed by atoms with Crippen molar-refractivity contribution in [2.24, 2.45) is 0 Å². The Hall–Kier alpha value is -2.39. The van der Waals surface area contributed by atoms with Gasteiger partial charge in [-0.05, 0) is 24.4 Å². The van der Waals surface area contributed by atoms with E-state index in [0.717, 1.165) is 34.4 Å². The number of hydrogen-bond donors (Lipinski definition) is 1. The molecule has 0 aliphatic rings. The van der Waals surface area contributed by atoms with Gasteiger partial charge in [-0.15, -0.1) is 0 Å². The molecule has 3 heteroatoms. The summed E-state index contributed by atoms with van der Waals surface area (Å²) in [4.78, 5) is 6.78. The van der Waals surface area contributed by atoms with Gasteiger partial charge in [-0.2, -0.15) is 0 Å². The lowest BCUT2D eigenvalue weighted by atomic mass is 10.1. The first-order valence-electron chi connectivity index (χ1n) is 7.15. The number of pyridine rings is 1. The quantitative estimate of drug-likeness (QED) is 0.786. The zero-order valence-corrected chi connectivity index (χ0v) is 12.0. The Kier molecular flexibility index (Phi) is 3.84. The fraction of sp³-hybridized carbons (Fsp3) is 0.167. The number of hydrogen-bond acceptors (Lipinski definition) is 3. The van der Waals surface area contributed by atoms with Gasteiger partial charge in [0, 0.05) is 29.4 Å². The minimum Gasteiger partial charge on any atom is -0.392 e. The summed E-state index contributed by atoms with van der Waals surface area (Å²) in [6.45, 7) is 2.95. The first kappa shape index (κ1) is 13.6. The highest BCUT2D eigenvalue weighted by Gasteiger charge is 2.13. The molecule has 2 aromatic carbocycles. The number of benzene rings is 2. The van der Waals surface area contributed by atoms with Crippen molar-refractivity contribution < 1.29 is 5.11 Å².